The van der Waals surface area contributed by atoms with E-state index >= 15 is 0 Å². The zero-order chi connectivity index (χ0) is 11.9. The average molecular weight is 218 g/mol. The van der Waals surface area contributed by atoms with Gasteiger partial charge in [0.15, 0.2) is 5.78 Å². The molecule has 1 aromatic carbocycles. The van der Waals surface area contributed by atoms with Crippen molar-refractivity contribution in [2.75, 3.05) is 0 Å². The molecule has 0 radical (unpaired) electrons. The Balaban J connectivity index is 2.24. The van der Waals surface area contributed by atoms with Gasteiger partial charge in [-0.05, 0) is 18.9 Å². The van der Waals surface area contributed by atoms with E-state index in [1.807, 2.05) is 19.1 Å². The standard InChI is InChI=1S/C13H14O3/c1-8(14)9-3-5-10(6-4-9)13(2)7-11(13)12(15)16/h3-6,11H,7H2,1-2H3,(H,15,16)/t11-,13+/m1/s1. The number of carboxylic acids is 1. The summed E-state index contributed by atoms with van der Waals surface area (Å²) in [6.07, 6.45) is 0.682. The van der Waals surface area contributed by atoms with E-state index in [4.69, 9.17) is 5.11 Å². The van der Waals surface area contributed by atoms with E-state index < -0.39 is 5.97 Å². The second-order valence-electron chi connectivity index (χ2n) is 4.65. The molecular weight excluding hydrogens is 204 g/mol. The Hall–Kier alpha value is -1.64. The summed E-state index contributed by atoms with van der Waals surface area (Å²) >= 11 is 0. The lowest BCUT2D eigenvalue weighted by Gasteiger charge is -2.10. The number of carbonyl (C=O) groups excluding carboxylic acids is 1. The zero-order valence-electron chi connectivity index (χ0n) is 9.36. The van der Waals surface area contributed by atoms with Crippen molar-refractivity contribution in [3.8, 4) is 0 Å². The van der Waals surface area contributed by atoms with Gasteiger partial charge in [-0.25, -0.2) is 0 Å². The molecule has 1 saturated carbocycles. The van der Waals surface area contributed by atoms with E-state index in [1.54, 1.807) is 12.1 Å². The maximum absolute atomic E-state index is 11.1. The van der Waals surface area contributed by atoms with Crippen LogP contribution in [0.2, 0.25) is 0 Å². The molecule has 2 atom stereocenters. The van der Waals surface area contributed by atoms with Crippen molar-refractivity contribution in [3.63, 3.8) is 0 Å². The molecule has 2 rings (SSSR count). The second kappa shape index (κ2) is 3.44. The predicted octanol–water partition coefficient (Wildman–Crippen LogP) is 2.25. The van der Waals surface area contributed by atoms with Crippen LogP contribution in [-0.2, 0) is 10.2 Å². The highest BCUT2D eigenvalue weighted by Gasteiger charge is 2.55. The van der Waals surface area contributed by atoms with Gasteiger partial charge in [-0.1, -0.05) is 31.2 Å². The summed E-state index contributed by atoms with van der Waals surface area (Å²) < 4.78 is 0. The zero-order valence-corrected chi connectivity index (χ0v) is 9.36. The number of benzene rings is 1. The topological polar surface area (TPSA) is 54.4 Å². The molecule has 1 aromatic rings. The van der Waals surface area contributed by atoms with Crippen LogP contribution in [-0.4, -0.2) is 16.9 Å². The molecule has 84 valence electrons. The lowest BCUT2D eigenvalue weighted by atomic mass is 9.94. The van der Waals surface area contributed by atoms with Crippen molar-refractivity contribution in [1.29, 1.82) is 0 Å². The van der Waals surface area contributed by atoms with E-state index in [-0.39, 0.29) is 17.1 Å². The maximum atomic E-state index is 11.1. The van der Waals surface area contributed by atoms with Gasteiger partial charge in [-0.15, -0.1) is 0 Å². The molecule has 0 heterocycles. The number of hydrogen-bond donors (Lipinski definition) is 1. The molecule has 1 aliphatic rings. The van der Waals surface area contributed by atoms with Crippen molar-refractivity contribution >= 4 is 11.8 Å². The molecule has 0 aliphatic heterocycles. The molecule has 16 heavy (non-hydrogen) atoms. The number of rotatable bonds is 3. The van der Waals surface area contributed by atoms with Gasteiger partial charge in [0.25, 0.3) is 0 Å². The van der Waals surface area contributed by atoms with Gasteiger partial charge < -0.3 is 5.11 Å². The second-order valence-corrected chi connectivity index (χ2v) is 4.65. The number of hydrogen-bond acceptors (Lipinski definition) is 2. The third kappa shape index (κ3) is 1.62. The number of ketones is 1. The largest absolute Gasteiger partial charge is 0.481 e. The number of aliphatic carboxylic acids is 1. The van der Waals surface area contributed by atoms with Crippen LogP contribution in [0.25, 0.3) is 0 Å². The molecule has 0 aromatic heterocycles. The summed E-state index contributed by atoms with van der Waals surface area (Å²) in [6.45, 7) is 3.47. The van der Waals surface area contributed by atoms with Gasteiger partial charge >= 0.3 is 5.97 Å². The van der Waals surface area contributed by atoms with Crippen LogP contribution in [0.4, 0.5) is 0 Å². The van der Waals surface area contributed by atoms with Crippen molar-refractivity contribution in [2.24, 2.45) is 5.92 Å². The van der Waals surface area contributed by atoms with Crippen LogP contribution in [0.3, 0.4) is 0 Å². The Labute approximate surface area is 94.1 Å². The van der Waals surface area contributed by atoms with Gasteiger partial charge in [-0.2, -0.15) is 0 Å². The summed E-state index contributed by atoms with van der Waals surface area (Å²) in [5.41, 5.74) is 1.42. The van der Waals surface area contributed by atoms with Gasteiger partial charge in [0, 0.05) is 11.0 Å². The van der Waals surface area contributed by atoms with E-state index in [0.717, 1.165) is 5.56 Å². The lowest BCUT2D eigenvalue weighted by molar-refractivity contribution is -0.138. The van der Waals surface area contributed by atoms with E-state index in [0.29, 0.717) is 12.0 Å². The van der Waals surface area contributed by atoms with Crippen LogP contribution in [0.5, 0.6) is 0 Å². The van der Waals surface area contributed by atoms with Gasteiger partial charge in [-0.3, -0.25) is 9.59 Å². The minimum absolute atomic E-state index is 0.0299. The van der Waals surface area contributed by atoms with Crippen LogP contribution in [0, 0.1) is 5.92 Å². The first-order chi connectivity index (χ1) is 7.45. The van der Waals surface area contributed by atoms with Crippen molar-refractivity contribution in [2.45, 2.75) is 25.7 Å². The fourth-order valence-corrected chi connectivity index (χ4v) is 2.13. The average Bonchev–Trinajstić information content (AvgIpc) is 2.93. The normalized spacial score (nSPS) is 27.5. The fourth-order valence-electron chi connectivity index (χ4n) is 2.13. The smallest absolute Gasteiger partial charge is 0.307 e. The summed E-state index contributed by atoms with van der Waals surface area (Å²) in [5.74, 6) is -0.990. The highest BCUT2D eigenvalue weighted by atomic mass is 16.4. The number of carboxylic acid groups (broad SMARTS) is 1. The first kappa shape index (κ1) is 10.9. The third-order valence-electron chi connectivity index (χ3n) is 3.49. The van der Waals surface area contributed by atoms with Crippen LogP contribution in [0.1, 0.15) is 36.2 Å². The number of carbonyl (C=O) groups is 2. The molecular formula is C13H14O3. The quantitative estimate of drug-likeness (QED) is 0.791. The maximum Gasteiger partial charge on any atom is 0.307 e. The fraction of sp³-hybridized carbons (Fsp3) is 0.385. The minimum atomic E-state index is -0.738. The van der Waals surface area contributed by atoms with Gasteiger partial charge in [0.05, 0.1) is 5.92 Å². The Morgan fingerprint density at radius 2 is 1.88 bits per heavy atom. The predicted molar refractivity (Wildman–Crippen MR) is 59.5 cm³/mol. The van der Waals surface area contributed by atoms with Crippen molar-refractivity contribution in [3.05, 3.63) is 35.4 Å². The highest BCUT2D eigenvalue weighted by Crippen LogP contribution is 2.53. The first-order valence-corrected chi connectivity index (χ1v) is 5.29. The van der Waals surface area contributed by atoms with Crippen LogP contribution >= 0.6 is 0 Å². The van der Waals surface area contributed by atoms with Crippen molar-refractivity contribution in [1.82, 2.24) is 0 Å². The molecule has 0 unspecified atom stereocenters. The first-order valence-electron chi connectivity index (χ1n) is 5.29. The molecule has 0 amide bonds. The molecule has 1 aliphatic carbocycles. The Morgan fingerprint density at radius 1 is 1.31 bits per heavy atom. The van der Waals surface area contributed by atoms with E-state index in [2.05, 4.69) is 0 Å². The summed E-state index contributed by atoms with van der Waals surface area (Å²) in [7, 11) is 0. The summed E-state index contributed by atoms with van der Waals surface area (Å²) in [6, 6.07) is 7.25. The van der Waals surface area contributed by atoms with Gasteiger partial charge in [0.1, 0.15) is 0 Å². The molecule has 3 nitrogen and oxygen atoms in total. The molecule has 1 fully saturated rings. The molecule has 1 N–H and O–H groups in total. The lowest BCUT2D eigenvalue weighted by Crippen LogP contribution is -2.11. The Morgan fingerprint density at radius 3 is 2.25 bits per heavy atom. The molecule has 3 heteroatoms. The van der Waals surface area contributed by atoms with E-state index in [1.165, 1.54) is 6.92 Å². The molecule has 0 bridgehead atoms. The van der Waals surface area contributed by atoms with E-state index in [9.17, 15) is 9.59 Å². The molecule has 0 saturated heterocycles. The van der Waals surface area contributed by atoms with Crippen LogP contribution in [0.15, 0.2) is 24.3 Å². The van der Waals surface area contributed by atoms with Crippen LogP contribution < -0.4 is 0 Å². The number of Topliss-reactive ketones (excluding diaryl/α,β-unsaturated/α-hetero) is 1. The Kier molecular flexibility index (Phi) is 2.34. The summed E-state index contributed by atoms with van der Waals surface area (Å²) in [5, 5.41) is 8.94. The monoisotopic (exact) mass is 218 g/mol. The third-order valence-corrected chi connectivity index (χ3v) is 3.49. The SMILES string of the molecule is CC(=O)c1ccc([C@]2(C)C[C@@H]2C(=O)O)cc1. The Bertz CT molecular complexity index is 447. The van der Waals surface area contributed by atoms with Crippen molar-refractivity contribution < 1.29 is 14.7 Å². The minimum Gasteiger partial charge on any atom is -0.481 e. The summed E-state index contributed by atoms with van der Waals surface area (Å²) in [4.78, 5) is 22.0. The highest BCUT2D eigenvalue weighted by molar-refractivity contribution is 5.94. The molecule has 0 spiro atoms. The van der Waals surface area contributed by atoms with Gasteiger partial charge in [0.2, 0.25) is 0 Å².